The Morgan fingerprint density at radius 2 is 2.11 bits per heavy atom. The van der Waals surface area contributed by atoms with Crippen molar-refractivity contribution < 1.29 is 23.8 Å². The fourth-order valence-electron chi connectivity index (χ4n) is 1.63. The van der Waals surface area contributed by atoms with Crippen LogP contribution in [0.3, 0.4) is 0 Å². The number of aryl methyl sites for hydroxylation is 1. The van der Waals surface area contributed by atoms with Crippen LogP contribution in [-0.2, 0) is 9.53 Å². The Morgan fingerprint density at radius 3 is 2.63 bits per heavy atom. The molecular weight excluding hydrogens is 253 g/mol. The van der Waals surface area contributed by atoms with E-state index in [0.717, 1.165) is 6.07 Å². The van der Waals surface area contributed by atoms with Gasteiger partial charge in [0, 0.05) is 5.69 Å². The Morgan fingerprint density at radius 1 is 1.47 bits per heavy atom. The number of carbonyl (C=O) groups excluding carboxylic acids is 1. The van der Waals surface area contributed by atoms with Gasteiger partial charge in [0.15, 0.2) is 6.10 Å². The molecule has 0 spiro atoms. The van der Waals surface area contributed by atoms with E-state index >= 15 is 0 Å². The van der Waals surface area contributed by atoms with Crippen LogP contribution in [0.25, 0.3) is 0 Å². The van der Waals surface area contributed by atoms with Gasteiger partial charge in [-0.05, 0) is 31.0 Å². The van der Waals surface area contributed by atoms with Crippen molar-refractivity contribution in [3.63, 3.8) is 0 Å². The molecule has 3 N–H and O–H groups in total. The first kappa shape index (κ1) is 14.9. The summed E-state index contributed by atoms with van der Waals surface area (Å²) in [7, 11) is 0. The zero-order valence-corrected chi connectivity index (χ0v) is 10.8. The van der Waals surface area contributed by atoms with Crippen LogP contribution in [0, 0.1) is 12.7 Å². The lowest BCUT2D eigenvalue weighted by Gasteiger charge is -2.14. The van der Waals surface area contributed by atoms with Gasteiger partial charge in [0.05, 0.1) is 5.56 Å². The number of carboxylic acid groups (broad SMARTS) is 1. The maximum atomic E-state index is 13.8. The van der Waals surface area contributed by atoms with Crippen molar-refractivity contribution in [2.24, 2.45) is 0 Å². The molecule has 6 heteroatoms. The van der Waals surface area contributed by atoms with E-state index in [2.05, 4.69) is 0 Å². The summed E-state index contributed by atoms with van der Waals surface area (Å²) in [4.78, 5) is 22.7. The fraction of sp³-hybridized carbons (Fsp3) is 0.385. The lowest BCUT2D eigenvalue weighted by atomic mass is 10.1. The summed E-state index contributed by atoms with van der Waals surface area (Å²) in [5.74, 6) is -3.02. The predicted octanol–water partition coefficient (Wildman–Crippen LogP) is 2.13. The molecule has 0 aliphatic rings. The molecular formula is C13H16FNO4. The van der Waals surface area contributed by atoms with Gasteiger partial charge in [0.25, 0.3) is 0 Å². The summed E-state index contributed by atoms with van der Waals surface area (Å²) in [6.07, 6.45) is -0.578. The van der Waals surface area contributed by atoms with Crippen LogP contribution in [-0.4, -0.2) is 23.1 Å². The van der Waals surface area contributed by atoms with Gasteiger partial charge in [0.1, 0.15) is 5.82 Å². The Labute approximate surface area is 110 Å². The molecule has 0 heterocycles. The fourth-order valence-corrected chi connectivity index (χ4v) is 1.63. The van der Waals surface area contributed by atoms with E-state index in [-0.39, 0.29) is 23.2 Å². The molecule has 1 atom stereocenters. The number of nitrogens with two attached hydrogens (primary N) is 1. The van der Waals surface area contributed by atoms with Crippen molar-refractivity contribution in [2.75, 3.05) is 5.73 Å². The zero-order chi connectivity index (χ0) is 14.6. The molecule has 1 unspecified atom stereocenters. The second-order valence-electron chi connectivity index (χ2n) is 4.22. The van der Waals surface area contributed by atoms with Crippen molar-refractivity contribution in [1.82, 2.24) is 0 Å². The van der Waals surface area contributed by atoms with Crippen LogP contribution < -0.4 is 5.73 Å². The summed E-state index contributed by atoms with van der Waals surface area (Å²) < 4.78 is 18.6. The molecule has 0 saturated heterocycles. The van der Waals surface area contributed by atoms with Crippen molar-refractivity contribution in [2.45, 2.75) is 32.8 Å². The molecule has 1 aromatic carbocycles. The van der Waals surface area contributed by atoms with Gasteiger partial charge in [0.2, 0.25) is 0 Å². The number of hydrogen-bond donors (Lipinski definition) is 2. The second kappa shape index (κ2) is 6.17. The number of nitrogen functional groups attached to an aromatic ring is 1. The minimum absolute atomic E-state index is 0.171. The summed E-state index contributed by atoms with van der Waals surface area (Å²) in [6, 6.07) is 2.52. The van der Waals surface area contributed by atoms with Gasteiger partial charge in [-0.25, -0.2) is 14.0 Å². The summed E-state index contributed by atoms with van der Waals surface area (Å²) in [5.41, 5.74) is 5.60. The molecule has 0 fully saturated rings. The van der Waals surface area contributed by atoms with Crippen molar-refractivity contribution in [3.8, 4) is 0 Å². The predicted molar refractivity (Wildman–Crippen MR) is 67.3 cm³/mol. The van der Waals surface area contributed by atoms with E-state index in [1.165, 1.54) is 13.0 Å². The molecule has 19 heavy (non-hydrogen) atoms. The maximum absolute atomic E-state index is 13.8. The topological polar surface area (TPSA) is 89.6 Å². The summed E-state index contributed by atoms with van der Waals surface area (Å²) >= 11 is 0. The maximum Gasteiger partial charge on any atom is 0.345 e. The first-order valence-electron chi connectivity index (χ1n) is 5.86. The van der Waals surface area contributed by atoms with E-state index in [1.54, 1.807) is 6.92 Å². The molecule has 0 aliphatic heterocycles. The van der Waals surface area contributed by atoms with Crippen molar-refractivity contribution in [3.05, 3.63) is 29.1 Å². The van der Waals surface area contributed by atoms with Gasteiger partial charge < -0.3 is 15.6 Å². The van der Waals surface area contributed by atoms with Crippen LogP contribution in [0.5, 0.6) is 0 Å². The van der Waals surface area contributed by atoms with Gasteiger partial charge in [-0.15, -0.1) is 0 Å². The highest BCUT2D eigenvalue weighted by Crippen LogP contribution is 2.19. The largest absolute Gasteiger partial charge is 0.479 e. The number of benzene rings is 1. The van der Waals surface area contributed by atoms with E-state index < -0.39 is 23.9 Å². The van der Waals surface area contributed by atoms with E-state index in [4.69, 9.17) is 15.6 Å². The van der Waals surface area contributed by atoms with Gasteiger partial charge >= 0.3 is 11.9 Å². The Balaban J connectivity index is 2.97. The van der Waals surface area contributed by atoms with Gasteiger partial charge in [-0.3, -0.25) is 0 Å². The Bertz CT molecular complexity index is 502. The number of aliphatic carboxylic acids is 1. The zero-order valence-electron chi connectivity index (χ0n) is 10.8. The van der Waals surface area contributed by atoms with Gasteiger partial charge in [-0.2, -0.15) is 0 Å². The molecule has 0 aromatic heterocycles. The average molecular weight is 269 g/mol. The van der Waals surface area contributed by atoms with Crippen molar-refractivity contribution >= 4 is 17.6 Å². The number of rotatable bonds is 5. The van der Waals surface area contributed by atoms with Gasteiger partial charge in [-0.1, -0.05) is 13.3 Å². The van der Waals surface area contributed by atoms with Crippen LogP contribution in [0.4, 0.5) is 10.1 Å². The number of carboxylic acids is 1. The molecule has 1 rings (SSSR count). The number of halogens is 1. The quantitative estimate of drug-likeness (QED) is 0.631. The molecule has 5 nitrogen and oxygen atoms in total. The average Bonchev–Trinajstić information content (AvgIpc) is 2.32. The standard InChI is InChI=1S/C13H16FNO4/c1-3-4-10(12(16)17)19-13(18)9-6-8(15)5-7(2)11(9)14/h5-6,10H,3-4,15H2,1-2H3,(H,16,17). The minimum atomic E-state index is -1.28. The van der Waals surface area contributed by atoms with Crippen LogP contribution >= 0.6 is 0 Å². The first-order valence-corrected chi connectivity index (χ1v) is 5.86. The molecule has 104 valence electrons. The molecule has 0 amide bonds. The monoisotopic (exact) mass is 269 g/mol. The third-order valence-electron chi connectivity index (χ3n) is 2.57. The Kier molecular flexibility index (Phi) is 4.86. The summed E-state index contributed by atoms with van der Waals surface area (Å²) in [6.45, 7) is 3.22. The minimum Gasteiger partial charge on any atom is -0.479 e. The highest BCUT2D eigenvalue weighted by atomic mass is 19.1. The second-order valence-corrected chi connectivity index (χ2v) is 4.22. The van der Waals surface area contributed by atoms with E-state index in [0.29, 0.717) is 6.42 Å². The number of anilines is 1. The van der Waals surface area contributed by atoms with Crippen LogP contribution in [0.2, 0.25) is 0 Å². The third kappa shape index (κ3) is 3.67. The molecule has 0 aliphatic carbocycles. The number of carbonyl (C=O) groups is 2. The number of esters is 1. The smallest absolute Gasteiger partial charge is 0.345 e. The van der Waals surface area contributed by atoms with Crippen LogP contribution in [0.15, 0.2) is 12.1 Å². The number of ether oxygens (including phenoxy) is 1. The normalized spacial score (nSPS) is 11.9. The molecule has 0 bridgehead atoms. The molecule has 0 saturated carbocycles. The molecule has 0 radical (unpaired) electrons. The van der Waals surface area contributed by atoms with E-state index in [9.17, 15) is 14.0 Å². The third-order valence-corrected chi connectivity index (χ3v) is 2.57. The van der Waals surface area contributed by atoms with Crippen LogP contribution in [0.1, 0.15) is 35.7 Å². The lowest BCUT2D eigenvalue weighted by molar-refractivity contribution is -0.147. The van der Waals surface area contributed by atoms with E-state index in [1.807, 2.05) is 0 Å². The SMILES string of the molecule is CCCC(OC(=O)c1cc(N)cc(C)c1F)C(=O)O. The highest BCUT2D eigenvalue weighted by molar-refractivity contribution is 5.92. The lowest BCUT2D eigenvalue weighted by Crippen LogP contribution is -2.27. The van der Waals surface area contributed by atoms with Crippen molar-refractivity contribution in [1.29, 1.82) is 0 Å². The Hall–Kier alpha value is -2.11. The summed E-state index contributed by atoms with van der Waals surface area (Å²) in [5, 5.41) is 8.88. The first-order chi connectivity index (χ1) is 8.86. The molecule has 1 aromatic rings. The number of hydrogen-bond acceptors (Lipinski definition) is 4. The highest BCUT2D eigenvalue weighted by Gasteiger charge is 2.24.